The van der Waals surface area contributed by atoms with E-state index in [0.717, 1.165) is 0 Å². The third-order valence-electron chi connectivity index (χ3n) is 3.01. The van der Waals surface area contributed by atoms with Crippen molar-refractivity contribution in [3.05, 3.63) is 12.7 Å². The molecule has 0 aromatic carbocycles. The first-order chi connectivity index (χ1) is 7.50. The van der Waals surface area contributed by atoms with E-state index < -0.39 is 9.84 Å². The van der Waals surface area contributed by atoms with E-state index in [4.69, 9.17) is 4.74 Å². The predicted molar refractivity (Wildman–Crippen MR) is 65.3 cm³/mol. The van der Waals surface area contributed by atoms with Crippen LogP contribution in [0.25, 0.3) is 0 Å². The fraction of sp³-hybridized carbons (Fsp3) is 0.818. The lowest BCUT2D eigenvalue weighted by atomic mass is 10.3. The molecule has 16 heavy (non-hydrogen) atoms. The molecule has 3 atom stereocenters. The summed E-state index contributed by atoms with van der Waals surface area (Å²) >= 11 is 0. The Balaban J connectivity index is 2.58. The summed E-state index contributed by atoms with van der Waals surface area (Å²) in [6.45, 7) is 8.81. The molecule has 5 heteroatoms. The normalized spacial score (nSPS) is 27.9. The average Bonchev–Trinajstić information content (AvgIpc) is 2.65. The van der Waals surface area contributed by atoms with Crippen LogP contribution in [0.3, 0.4) is 0 Å². The summed E-state index contributed by atoms with van der Waals surface area (Å²) in [6.07, 6.45) is 2.17. The van der Waals surface area contributed by atoms with Gasteiger partial charge in [0.1, 0.15) is 0 Å². The van der Waals surface area contributed by atoms with Crippen molar-refractivity contribution in [2.24, 2.45) is 0 Å². The zero-order valence-corrected chi connectivity index (χ0v) is 10.8. The molecule has 1 N–H and O–H groups in total. The molecule has 0 radical (unpaired) electrons. The van der Waals surface area contributed by atoms with Crippen molar-refractivity contribution in [3.8, 4) is 0 Å². The van der Waals surface area contributed by atoms with E-state index in [1.165, 1.54) is 0 Å². The highest BCUT2D eigenvalue weighted by molar-refractivity contribution is 7.92. The van der Waals surface area contributed by atoms with Crippen LogP contribution in [0.4, 0.5) is 0 Å². The van der Waals surface area contributed by atoms with Crippen LogP contribution >= 0.6 is 0 Å². The molecule has 1 aliphatic rings. The molecule has 1 aliphatic heterocycles. The van der Waals surface area contributed by atoms with Gasteiger partial charge in [0.05, 0.1) is 16.6 Å². The van der Waals surface area contributed by atoms with Crippen LogP contribution in [-0.4, -0.2) is 44.7 Å². The largest absolute Gasteiger partial charge is 0.377 e. The number of ether oxygens (including phenoxy) is 1. The summed E-state index contributed by atoms with van der Waals surface area (Å²) in [5, 5.41) is 2.33. The summed E-state index contributed by atoms with van der Waals surface area (Å²) in [7, 11) is -3.09. The molecule has 1 fully saturated rings. The Kier molecular flexibility index (Phi) is 4.95. The van der Waals surface area contributed by atoms with Crippen molar-refractivity contribution in [3.63, 3.8) is 0 Å². The molecule has 0 aliphatic carbocycles. The van der Waals surface area contributed by atoms with Crippen molar-refractivity contribution in [1.29, 1.82) is 0 Å². The van der Waals surface area contributed by atoms with Gasteiger partial charge in [0.25, 0.3) is 0 Å². The molecule has 1 heterocycles. The minimum atomic E-state index is -3.09. The lowest BCUT2D eigenvalue weighted by Crippen LogP contribution is -2.40. The Morgan fingerprint density at radius 1 is 1.62 bits per heavy atom. The lowest BCUT2D eigenvalue weighted by Gasteiger charge is -2.20. The molecule has 1 rings (SSSR count). The van der Waals surface area contributed by atoms with Crippen LogP contribution in [0, 0.1) is 0 Å². The molecule has 0 aromatic rings. The van der Waals surface area contributed by atoms with Gasteiger partial charge in [0.15, 0.2) is 9.84 Å². The van der Waals surface area contributed by atoms with Gasteiger partial charge in [-0.25, -0.2) is 8.42 Å². The van der Waals surface area contributed by atoms with Crippen molar-refractivity contribution < 1.29 is 13.2 Å². The minimum absolute atomic E-state index is 0.174. The number of rotatable bonds is 6. The fourth-order valence-electron chi connectivity index (χ4n) is 1.95. The van der Waals surface area contributed by atoms with Crippen molar-refractivity contribution in [1.82, 2.24) is 5.32 Å². The third kappa shape index (κ3) is 3.06. The van der Waals surface area contributed by atoms with Crippen LogP contribution in [0.1, 0.15) is 20.3 Å². The number of nitrogens with one attached hydrogen (secondary N) is 1. The second-order valence-electron chi connectivity index (χ2n) is 4.25. The molecule has 3 unspecified atom stereocenters. The highest BCUT2D eigenvalue weighted by Crippen LogP contribution is 2.23. The molecule has 0 saturated carbocycles. The molecule has 0 bridgehead atoms. The Bertz CT molecular complexity index is 326. The molecular formula is C11H21NO3S. The summed E-state index contributed by atoms with van der Waals surface area (Å²) in [5.41, 5.74) is 0. The Morgan fingerprint density at radius 2 is 2.31 bits per heavy atom. The average molecular weight is 247 g/mol. The summed E-state index contributed by atoms with van der Waals surface area (Å²) in [6, 6.07) is 0. The van der Waals surface area contributed by atoms with Crippen molar-refractivity contribution in [2.75, 3.05) is 19.7 Å². The van der Waals surface area contributed by atoms with Crippen LogP contribution in [0.2, 0.25) is 0 Å². The first-order valence-corrected chi connectivity index (χ1v) is 7.27. The predicted octanol–water partition coefficient (Wildman–Crippen LogP) is 0.743. The molecule has 94 valence electrons. The van der Waals surface area contributed by atoms with E-state index in [1.807, 2.05) is 6.92 Å². The first-order valence-electron chi connectivity index (χ1n) is 5.66. The zero-order valence-electron chi connectivity index (χ0n) is 9.98. The van der Waals surface area contributed by atoms with Crippen LogP contribution in [0.5, 0.6) is 0 Å². The van der Waals surface area contributed by atoms with Crippen molar-refractivity contribution in [2.45, 2.75) is 36.9 Å². The summed E-state index contributed by atoms with van der Waals surface area (Å²) in [5.74, 6) is 0. The van der Waals surface area contributed by atoms with E-state index in [9.17, 15) is 8.42 Å². The standard InChI is InChI=1S/C11H21NO3S/c1-4-6-12-8-9(2)16(13,14)11-5-7-15-10(11)3/h4,9-12H,1,5-8H2,2-3H3. The maximum atomic E-state index is 12.2. The van der Waals surface area contributed by atoms with Gasteiger partial charge >= 0.3 is 0 Å². The smallest absolute Gasteiger partial charge is 0.159 e. The number of sulfone groups is 1. The number of hydrogen-bond acceptors (Lipinski definition) is 4. The summed E-state index contributed by atoms with van der Waals surface area (Å²) < 4.78 is 29.7. The quantitative estimate of drug-likeness (QED) is 0.556. The molecule has 0 aromatic heterocycles. The second kappa shape index (κ2) is 5.80. The number of hydrogen-bond donors (Lipinski definition) is 1. The van der Waals surface area contributed by atoms with Gasteiger partial charge in [-0.1, -0.05) is 6.08 Å². The second-order valence-corrected chi connectivity index (χ2v) is 6.84. The maximum Gasteiger partial charge on any atom is 0.159 e. The molecule has 1 saturated heterocycles. The fourth-order valence-corrected chi connectivity index (χ4v) is 3.93. The molecular weight excluding hydrogens is 226 g/mol. The van der Waals surface area contributed by atoms with E-state index in [0.29, 0.717) is 26.1 Å². The Morgan fingerprint density at radius 3 is 2.81 bits per heavy atom. The zero-order chi connectivity index (χ0) is 12.2. The topological polar surface area (TPSA) is 55.4 Å². The Labute approximate surface area is 98.0 Å². The highest BCUT2D eigenvalue weighted by Gasteiger charge is 2.38. The van der Waals surface area contributed by atoms with Crippen LogP contribution in [0.15, 0.2) is 12.7 Å². The van der Waals surface area contributed by atoms with E-state index >= 15 is 0 Å². The maximum absolute atomic E-state index is 12.2. The van der Waals surface area contributed by atoms with Gasteiger partial charge in [-0.15, -0.1) is 6.58 Å². The third-order valence-corrected chi connectivity index (χ3v) is 5.76. The monoisotopic (exact) mass is 247 g/mol. The van der Waals surface area contributed by atoms with Crippen molar-refractivity contribution >= 4 is 9.84 Å². The first kappa shape index (κ1) is 13.7. The van der Waals surface area contributed by atoms with Gasteiger partial charge in [-0.3, -0.25) is 0 Å². The van der Waals surface area contributed by atoms with Gasteiger partial charge in [-0.2, -0.15) is 0 Å². The van der Waals surface area contributed by atoms with Gasteiger partial charge in [0.2, 0.25) is 0 Å². The minimum Gasteiger partial charge on any atom is -0.377 e. The highest BCUT2D eigenvalue weighted by atomic mass is 32.2. The molecule has 4 nitrogen and oxygen atoms in total. The van der Waals surface area contributed by atoms with Gasteiger partial charge in [0, 0.05) is 19.7 Å². The Hall–Kier alpha value is -0.390. The van der Waals surface area contributed by atoms with E-state index in [-0.39, 0.29) is 16.6 Å². The van der Waals surface area contributed by atoms with E-state index in [1.54, 1.807) is 13.0 Å². The van der Waals surface area contributed by atoms with E-state index in [2.05, 4.69) is 11.9 Å². The molecule has 0 spiro atoms. The lowest BCUT2D eigenvalue weighted by molar-refractivity contribution is 0.126. The SMILES string of the molecule is C=CCNCC(C)S(=O)(=O)C1CCOC1C. The van der Waals surface area contributed by atoms with Gasteiger partial charge in [-0.05, 0) is 20.3 Å². The van der Waals surface area contributed by atoms with Crippen LogP contribution in [-0.2, 0) is 14.6 Å². The summed E-state index contributed by atoms with van der Waals surface area (Å²) in [4.78, 5) is 0. The van der Waals surface area contributed by atoms with Gasteiger partial charge < -0.3 is 10.1 Å². The molecule has 0 amide bonds. The van der Waals surface area contributed by atoms with Crippen LogP contribution < -0.4 is 5.32 Å².